The lowest BCUT2D eigenvalue weighted by atomic mass is 10.1. The molecule has 0 amide bonds. The summed E-state index contributed by atoms with van der Waals surface area (Å²) in [5.74, 6) is -1.39. The third kappa shape index (κ3) is 7.80. The molecule has 28 heavy (non-hydrogen) atoms. The zero-order valence-electron chi connectivity index (χ0n) is 13.7. The van der Waals surface area contributed by atoms with Gasteiger partial charge >= 0.3 is 24.7 Å². The lowest BCUT2D eigenvalue weighted by molar-refractivity contribution is -0.174. The molecule has 0 aliphatic heterocycles. The van der Waals surface area contributed by atoms with Crippen molar-refractivity contribution in [3.63, 3.8) is 0 Å². The van der Waals surface area contributed by atoms with Gasteiger partial charge in [0.15, 0.2) is 0 Å². The first-order chi connectivity index (χ1) is 12.3. The van der Waals surface area contributed by atoms with E-state index in [0.717, 1.165) is 6.92 Å². The van der Waals surface area contributed by atoms with Gasteiger partial charge in [0.1, 0.15) is 11.1 Å². The molecule has 0 saturated carbocycles. The van der Waals surface area contributed by atoms with Crippen molar-refractivity contribution >= 4 is 12.1 Å². The molecule has 15 heteroatoms. The van der Waals surface area contributed by atoms with E-state index in [1.165, 1.54) is 0 Å². The van der Waals surface area contributed by atoms with Gasteiger partial charge in [-0.25, -0.2) is 0 Å². The Bertz CT molecular complexity index is 627. The van der Waals surface area contributed by atoms with Crippen LogP contribution in [0.5, 0.6) is 0 Å². The van der Waals surface area contributed by atoms with E-state index in [9.17, 15) is 52.7 Å². The Balaban J connectivity index is 6.20. The van der Waals surface area contributed by atoms with Crippen LogP contribution in [0.25, 0.3) is 0 Å². The number of nitrogens with zero attached hydrogens (tertiary/aromatic N) is 2. The standard InChI is InChI=1S/C13H10F12N2O/c1-3-28-9(6(2)8(12(20,21)22)13(23,24)25)27-26-5-4-7(10(14,15)16)11(17,18)19/h4-5H,3H2,1-2H3/b26-5?,27-9-. The van der Waals surface area contributed by atoms with Crippen molar-refractivity contribution in [1.82, 2.24) is 0 Å². The fraction of sp³-hybridized carbons (Fsp3) is 0.538. The molecule has 0 aromatic heterocycles. The summed E-state index contributed by atoms with van der Waals surface area (Å²) >= 11 is 0. The molecule has 0 aromatic rings. The van der Waals surface area contributed by atoms with E-state index in [-0.39, 0.29) is 6.21 Å². The summed E-state index contributed by atoms with van der Waals surface area (Å²) in [5, 5.41) is 5.34. The van der Waals surface area contributed by atoms with Crippen LogP contribution < -0.4 is 0 Å². The van der Waals surface area contributed by atoms with Gasteiger partial charge in [-0.2, -0.15) is 57.8 Å². The number of allylic oxidation sites excluding steroid dienone is 3. The van der Waals surface area contributed by atoms with E-state index in [2.05, 4.69) is 14.9 Å². The maximum atomic E-state index is 12.6. The van der Waals surface area contributed by atoms with Crippen LogP contribution in [0.1, 0.15) is 13.8 Å². The Hall–Kier alpha value is -2.22. The molecule has 0 N–H and O–H groups in total. The minimum Gasteiger partial charge on any atom is -0.477 e. The number of hydrogen-bond donors (Lipinski definition) is 0. The van der Waals surface area contributed by atoms with Crippen molar-refractivity contribution in [3.05, 3.63) is 22.8 Å². The van der Waals surface area contributed by atoms with Crippen LogP contribution in [0.3, 0.4) is 0 Å². The van der Waals surface area contributed by atoms with Crippen LogP contribution in [0.15, 0.2) is 33.0 Å². The minimum atomic E-state index is -5.90. The molecule has 0 bridgehead atoms. The van der Waals surface area contributed by atoms with Crippen molar-refractivity contribution in [3.8, 4) is 0 Å². The maximum Gasteiger partial charge on any atom is 0.421 e. The molecule has 0 saturated heterocycles. The summed E-state index contributed by atoms with van der Waals surface area (Å²) in [6.07, 6.45) is -24.3. The molecule has 0 radical (unpaired) electrons. The molecule has 3 nitrogen and oxygen atoms in total. The Morgan fingerprint density at radius 1 is 0.786 bits per heavy atom. The van der Waals surface area contributed by atoms with Gasteiger partial charge in [-0.1, -0.05) is 0 Å². The molecule has 0 unspecified atom stereocenters. The van der Waals surface area contributed by atoms with Gasteiger partial charge in [-0.3, -0.25) is 0 Å². The molecule has 0 spiro atoms. The summed E-state index contributed by atoms with van der Waals surface area (Å²) in [7, 11) is 0. The fourth-order valence-corrected chi connectivity index (χ4v) is 1.59. The lowest BCUT2D eigenvalue weighted by Gasteiger charge is -2.18. The van der Waals surface area contributed by atoms with Gasteiger partial charge in [0.05, 0.1) is 12.8 Å². The first kappa shape index (κ1) is 25.8. The molecule has 0 aromatic carbocycles. The number of alkyl halides is 12. The number of halogens is 12. The minimum absolute atomic E-state index is 0.205. The van der Waals surface area contributed by atoms with E-state index in [4.69, 9.17) is 0 Å². The number of rotatable bonds is 4. The van der Waals surface area contributed by atoms with E-state index in [1.807, 2.05) is 0 Å². The number of hydrogen-bond acceptors (Lipinski definition) is 3. The second kappa shape index (κ2) is 8.86. The lowest BCUT2D eigenvalue weighted by Crippen LogP contribution is -2.29. The summed E-state index contributed by atoms with van der Waals surface area (Å²) in [4.78, 5) is 0. The van der Waals surface area contributed by atoms with Gasteiger partial charge < -0.3 is 4.74 Å². The van der Waals surface area contributed by atoms with Crippen molar-refractivity contribution in [2.45, 2.75) is 38.6 Å². The average molecular weight is 438 g/mol. The second-order valence-electron chi connectivity index (χ2n) is 4.67. The highest BCUT2D eigenvalue weighted by Crippen LogP contribution is 2.41. The second-order valence-corrected chi connectivity index (χ2v) is 4.67. The average Bonchev–Trinajstić information content (AvgIpc) is 2.39. The van der Waals surface area contributed by atoms with Crippen molar-refractivity contribution in [2.75, 3.05) is 6.61 Å². The van der Waals surface area contributed by atoms with Crippen LogP contribution in [0.2, 0.25) is 0 Å². The summed E-state index contributed by atoms with van der Waals surface area (Å²) in [5.41, 5.74) is -7.66. The van der Waals surface area contributed by atoms with E-state index < -0.39 is 60.0 Å². The Morgan fingerprint density at radius 2 is 1.21 bits per heavy atom. The predicted molar refractivity (Wildman–Crippen MR) is 72.6 cm³/mol. The molecule has 0 aliphatic rings. The molecule has 162 valence electrons. The SMILES string of the molecule is CCO/C(=N\N=CC=C(C(F)(F)F)C(F)(F)F)C(C)=C(C(F)(F)F)C(F)(F)F. The maximum absolute atomic E-state index is 12.6. The normalized spacial score (nSPS) is 14.3. The van der Waals surface area contributed by atoms with Crippen LogP contribution in [-0.2, 0) is 4.74 Å². The van der Waals surface area contributed by atoms with E-state index >= 15 is 0 Å². The van der Waals surface area contributed by atoms with Gasteiger partial charge in [0, 0.05) is 5.57 Å². The van der Waals surface area contributed by atoms with Gasteiger partial charge in [-0.15, -0.1) is 5.10 Å². The van der Waals surface area contributed by atoms with Gasteiger partial charge in [-0.05, 0) is 19.9 Å². The molecule has 0 rings (SSSR count). The van der Waals surface area contributed by atoms with Gasteiger partial charge in [0.25, 0.3) is 0 Å². The molecule has 0 heterocycles. The van der Waals surface area contributed by atoms with Crippen molar-refractivity contribution in [2.24, 2.45) is 10.2 Å². The highest BCUT2D eigenvalue weighted by molar-refractivity contribution is 5.94. The largest absolute Gasteiger partial charge is 0.477 e. The van der Waals surface area contributed by atoms with Crippen LogP contribution in [0, 0.1) is 0 Å². The molecule has 0 atom stereocenters. The first-order valence-electron chi connectivity index (χ1n) is 6.77. The van der Waals surface area contributed by atoms with E-state index in [1.54, 1.807) is 0 Å². The first-order valence-corrected chi connectivity index (χ1v) is 6.77. The van der Waals surface area contributed by atoms with Crippen molar-refractivity contribution in [1.29, 1.82) is 0 Å². The monoisotopic (exact) mass is 438 g/mol. The summed E-state index contributed by atoms with van der Waals surface area (Å²) in [6.45, 7) is 0.895. The zero-order valence-corrected chi connectivity index (χ0v) is 13.7. The third-order valence-corrected chi connectivity index (χ3v) is 2.61. The Labute approximate surface area is 149 Å². The number of ether oxygens (including phenoxy) is 1. The summed E-state index contributed by atoms with van der Waals surface area (Å²) < 4.78 is 154. The van der Waals surface area contributed by atoms with Crippen LogP contribution in [-0.4, -0.2) is 43.4 Å². The summed E-state index contributed by atoms with van der Waals surface area (Å²) in [6, 6.07) is 0. The highest BCUT2D eigenvalue weighted by atomic mass is 19.4. The molecular weight excluding hydrogens is 428 g/mol. The molecule has 0 aliphatic carbocycles. The van der Waals surface area contributed by atoms with Crippen LogP contribution >= 0.6 is 0 Å². The quantitative estimate of drug-likeness (QED) is 0.233. The molecule has 0 fully saturated rings. The van der Waals surface area contributed by atoms with E-state index in [0.29, 0.717) is 6.92 Å². The van der Waals surface area contributed by atoms with Crippen LogP contribution in [0.4, 0.5) is 52.7 Å². The van der Waals surface area contributed by atoms with Gasteiger partial charge in [0.2, 0.25) is 5.90 Å². The zero-order chi connectivity index (χ0) is 22.6. The predicted octanol–water partition coefficient (Wildman–Crippen LogP) is 5.90. The smallest absolute Gasteiger partial charge is 0.421 e. The topological polar surface area (TPSA) is 34.0 Å². The third-order valence-electron chi connectivity index (χ3n) is 2.61. The molecular formula is C13H10F12N2O. The Morgan fingerprint density at radius 3 is 1.54 bits per heavy atom. The Kier molecular flexibility index (Phi) is 8.15. The van der Waals surface area contributed by atoms with Crippen molar-refractivity contribution < 1.29 is 57.4 Å². The fourth-order valence-electron chi connectivity index (χ4n) is 1.59. The highest BCUT2D eigenvalue weighted by Gasteiger charge is 2.53.